The SMILES string of the molecule is CCCCC(CC)CSc1cc(/C=C/C(C)(C)C)c(SC)cc1C(C)(C)C(C)C. The molecule has 0 N–H and O–H groups in total. The minimum absolute atomic E-state index is 0.171. The lowest BCUT2D eigenvalue weighted by molar-refractivity contribution is 0.365. The molecule has 1 rings (SSSR count). The Balaban J connectivity index is 3.37. The summed E-state index contributed by atoms with van der Waals surface area (Å²) in [6.07, 6.45) is 12.2. The lowest BCUT2D eigenvalue weighted by atomic mass is 9.75. The van der Waals surface area contributed by atoms with Crippen molar-refractivity contribution < 1.29 is 0 Å². The third-order valence-corrected chi connectivity index (χ3v) is 8.33. The van der Waals surface area contributed by atoms with Crippen LogP contribution in [0.1, 0.15) is 99.1 Å². The number of thioether (sulfide) groups is 2. The minimum Gasteiger partial charge on any atom is -0.129 e. The molecular weight excluding hydrogens is 388 g/mol. The molecule has 0 saturated heterocycles. The third-order valence-electron chi connectivity index (χ3n) is 6.25. The largest absolute Gasteiger partial charge is 0.129 e. The molecule has 0 aliphatic heterocycles. The normalized spacial score (nSPS) is 14.2. The number of rotatable bonds is 11. The maximum Gasteiger partial charge on any atom is 0.0145 e. The number of allylic oxidation sites excluding steroid dienone is 1. The number of hydrogen-bond donors (Lipinski definition) is 0. The fourth-order valence-corrected chi connectivity index (χ4v) is 5.37. The van der Waals surface area contributed by atoms with Gasteiger partial charge in [-0.1, -0.05) is 93.7 Å². The van der Waals surface area contributed by atoms with Gasteiger partial charge in [0.05, 0.1) is 0 Å². The Kier molecular flexibility index (Phi) is 10.9. The zero-order chi connectivity index (χ0) is 22.2. The Bertz CT molecular complexity index is 647. The fourth-order valence-electron chi connectivity index (χ4n) is 3.26. The molecule has 2 heteroatoms. The van der Waals surface area contributed by atoms with Crippen molar-refractivity contribution in [3.63, 3.8) is 0 Å². The summed E-state index contributed by atoms with van der Waals surface area (Å²) in [5, 5.41) is 0. The van der Waals surface area contributed by atoms with Crippen molar-refractivity contribution in [2.24, 2.45) is 17.3 Å². The standard InChI is InChI=1S/C27H46S2/c1-11-13-14-21(12-2)19-29-25-17-22(15-16-26(5,6)7)24(28-10)18-23(25)27(8,9)20(3)4/h15-18,20-21H,11-14,19H2,1-10H3/b16-15+. The van der Waals surface area contributed by atoms with Crippen LogP contribution in [0.2, 0.25) is 0 Å². The second kappa shape index (κ2) is 11.9. The molecule has 1 aromatic carbocycles. The molecule has 0 amide bonds. The van der Waals surface area contributed by atoms with Crippen LogP contribution in [0.25, 0.3) is 6.08 Å². The quantitative estimate of drug-likeness (QED) is 0.318. The molecule has 0 bridgehead atoms. The molecule has 0 nitrogen and oxygen atoms in total. The average Bonchev–Trinajstić information content (AvgIpc) is 2.65. The molecule has 0 radical (unpaired) electrons. The topological polar surface area (TPSA) is 0 Å². The van der Waals surface area contributed by atoms with Crippen molar-refractivity contribution >= 4 is 29.6 Å². The molecule has 1 atom stereocenters. The van der Waals surface area contributed by atoms with E-state index in [1.165, 1.54) is 52.4 Å². The van der Waals surface area contributed by atoms with Gasteiger partial charge in [0.25, 0.3) is 0 Å². The Labute approximate surface area is 191 Å². The van der Waals surface area contributed by atoms with Gasteiger partial charge in [0.2, 0.25) is 0 Å². The predicted molar refractivity (Wildman–Crippen MR) is 139 cm³/mol. The molecule has 1 unspecified atom stereocenters. The number of benzene rings is 1. The van der Waals surface area contributed by atoms with Crippen LogP contribution in [0, 0.1) is 17.3 Å². The summed E-state index contributed by atoms with van der Waals surface area (Å²) in [5.74, 6) is 2.66. The Hall–Kier alpha value is -0.340. The molecule has 0 spiro atoms. The van der Waals surface area contributed by atoms with E-state index < -0.39 is 0 Å². The van der Waals surface area contributed by atoms with E-state index in [1.54, 1.807) is 0 Å². The highest BCUT2D eigenvalue weighted by Gasteiger charge is 2.28. The first-order valence-corrected chi connectivity index (χ1v) is 13.7. The van der Waals surface area contributed by atoms with Gasteiger partial charge >= 0.3 is 0 Å². The van der Waals surface area contributed by atoms with Crippen molar-refractivity contribution in [3.8, 4) is 0 Å². The van der Waals surface area contributed by atoms with Crippen molar-refractivity contribution in [2.45, 2.75) is 103 Å². The van der Waals surface area contributed by atoms with Gasteiger partial charge in [-0.2, -0.15) is 0 Å². The highest BCUT2D eigenvalue weighted by atomic mass is 32.2. The van der Waals surface area contributed by atoms with Gasteiger partial charge in [0.1, 0.15) is 0 Å². The predicted octanol–water partition coefficient (Wildman–Crippen LogP) is 9.71. The maximum atomic E-state index is 2.49. The van der Waals surface area contributed by atoms with Gasteiger partial charge in [-0.05, 0) is 58.6 Å². The highest BCUT2D eigenvalue weighted by molar-refractivity contribution is 7.99. The lowest BCUT2D eigenvalue weighted by Gasteiger charge is -2.33. The molecule has 0 heterocycles. The van der Waals surface area contributed by atoms with E-state index in [1.807, 2.05) is 11.8 Å². The lowest BCUT2D eigenvalue weighted by Crippen LogP contribution is -2.25. The smallest absolute Gasteiger partial charge is 0.0145 e. The summed E-state index contributed by atoms with van der Waals surface area (Å²) in [6.45, 7) is 21.0. The minimum atomic E-state index is 0.171. The van der Waals surface area contributed by atoms with E-state index in [4.69, 9.17) is 0 Å². The van der Waals surface area contributed by atoms with Crippen molar-refractivity contribution in [1.82, 2.24) is 0 Å². The molecule has 0 saturated carbocycles. The van der Waals surface area contributed by atoms with Gasteiger partial charge < -0.3 is 0 Å². The first kappa shape index (κ1) is 26.7. The van der Waals surface area contributed by atoms with Crippen LogP contribution < -0.4 is 0 Å². The number of hydrogen-bond acceptors (Lipinski definition) is 2. The highest BCUT2D eigenvalue weighted by Crippen LogP contribution is 2.42. The molecule has 0 fully saturated rings. The zero-order valence-electron chi connectivity index (χ0n) is 20.8. The summed E-state index contributed by atoms with van der Waals surface area (Å²) in [7, 11) is 0. The van der Waals surface area contributed by atoms with E-state index in [-0.39, 0.29) is 10.8 Å². The average molecular weight is 435 g/mol. The summed E-state index contributed by atoms with van der Waals surface area (Å²) in [6, 6.07) is 4.97. The molecular formula is C27H46S2. The van der Waals surface area contributed by atoms with E-state index in [0.29, 0.717) is 5.92 Å². The molecule has 0 aromatic heterocycles. The molecule has 166 valence electrons. The molecule has 29 heavy (non-hydrogen) atoms. The van der Waals surface area contributed by atoms with Gasteiger partial charge in [0, 0.05) is 15.5 Å². The van der Waals surface area contributed by atoms with Gasteiger partial charge in [0.15, 0.2) is 0 Å². The van der Waals surface area contributed by atoms with Crippen LogP contribution in [-0.4, -0.2) is 12.0 Å². The zero-order valence-corrected chi connectivity index (χ0v) is 22.4. The van der Waals surface area contributed by atoms with E-state index in [0.717, 1.165) is 5.92 Å². The molecule has 0 aliphatic rings. The third kappa shape index (κ3) is 8.37. The van der Waals surface area contributed by atoms with Crippen LogP contribution >= 0.6 is 23.5 Å². The van der Waals surface area contributed by atoms with E-state index in [9.17, 15) is 0 Å². The maximum absolute atomic E-state index is 2.49. The Morgan fingerprint density at radius 2 is 1.66 bits per heavy atom. The molecule has 1 aromatic rings. The first-order valence-electron chi connectivity index (χ1n) is 11.5. The van der Waals surface area contributed by atoms with Gasteiger partial charge in [-0.25, -0.2) is 0 Å². The Morgan fingerprint density at radius 1 is 1.00 bits per heavy atom. The molecule has 0 aliphatic carbocycles. The van der Waals surface area contributed by atoms with Gasteiger partial charge in [-0.3, -0.25) is 0 Å². The summed E-state index contributed by atoms with van der Waals surface area (Å²) in [5.41, 5.74) is 3.27. The summed E-state index contributed by atoms with van der Waals surface area (Å²) in [4.78, 5) is 2.89. The van der Waals surface area contributed by atoms with Crippen molar-refractivity contribution in [3.05, 3.63) is 29.3 Å². The number of unbranched alkanes of at least 4 members (excludes halogenated alkanes) is 1. The second-order valence-electron chi connectivity index (χ2n) is 10.4. The Morgan fingerprint density at radius 3 is 2.14 bits per heavy atom. The van der Waals surface area contributed by atoms with Gasteiger partial charge in [-0.15, -0.1) is 23.5 Å². The second-order valence-corrected chi connectivity index (χ2v) is 12.3. The van der Waals surface area contributed by atoms with Crippen LogP contribution in [0.5, 0.6) is 0 Å². The van der Waals surface area contributed by atoms with Crippen LogP contribution in [-0.2, 0) is 5.41 Å². The van der Waals surface area contributed by atoms with E-state index in [2.05, 4.69) is 105 Å². The van der Waals surface area contributed by atoms with Crippen molar-refractivity contribution in [2.75, 3.05) is 12.0 Å². The summed E-state index contributed by atoms with van der Waals surface area (Å²) < 4.78 is 0. The fraction of sp³-hybridized carbons (Fsp3) is 0.704. The first-order chi connectivity index (χ1) is 13.5. The van der Waals surface area contributed by atoms with Crippen LogP contribution in [0.15, 0.2) is 28.0 Å². The monoisotopic (exact) mass is 434 g/mol. The van der Waals surface area contributed by atoms with Crippen molar-refractivity contribution in [1.29, 1.82) is 0 Å². The van der Waals surface area contributed by atoms with E-state index >= 15 is 0 Å². The summed E-state index contributed by atoms with van der Waals surface area (Å²) >= 11 is 3.97. The van der Waals surface area contributed by atoms with Crippen LogP contribution in [0.3, 0.4) is 0 Å². The van der Waals surface area contributed by atoms with Crippen LogP contribution in [0.4, 0.5) is 0 Å².